The molecule has 0 bridgehead atoms. The zero-order valence-corrected chi connectivity index (χ0v) is 11.7. The third-order valence-electron chi connectivity index (χ3n) is 3.15. The quantitative estimate of drug-likeness (QED) is 0.853. The van der Waals surface area contributed by atoms with Crippen LogP contribution >= 0.6 is 11.6 Å². The first kappa shape index (κ1) is 13.9. The number of hydrogen-bond donors (Lipinski definition) is 2. The number of benzene rings is 2. The zero-order chi connectivity index (χ0) is 13.7. The lowest BCUT2D eigenvalue weighted by Crippen LogP contribution is -2.20. The lowest BCUT2D eigenvalue weighted by molar-refractivity contribution is 0.474. The van der Waals surface area contributed by atoms with Crippen molar-refractivity contribution in [3.63, 3.8) is 0 Å². The standard InChI is InChI=1S/C16H18ClNO/c1-2-16(13-4-3-5-14(17)10-13)18-11-12-6-8-15(19)9-7-12/h3-10,16,18-19H,2,11H2,1H3. The Morgan fingerprint density at radius 3 is 2.53 bits per heavy atom. The second-order valence-corrected chi connectivity index (χ2v) is 5.00. The van der Waals surface area contributed by atoms with E-state index in [2.05, 4.69) is 18.3 Å². The summed E-state index contributed by atoms with van der Waals surface area (Å²) in [6.07, 6.45) is 0.998. The Balaban J connectivity index is 2.01. The van der Waals surface area contributed by atoms with Crippen LogP contribution in [0.1, 0.15) is 30.5 Å². The third kappa shape index (κ3) is 3.98. The molecule has 100 valence electrons. The Morgan fingerprint density at radius 2 is 1.89 bits per heavy atom. The number of aromatic hydroxyl groups is 1. The van der Waals surface area contributed by atoms with Crippen molar-refractivity contribution in [3.8, 4) is 5.75 Å². The summed E-state index contributed by atoms with van der Waals surface area (Å²) in [5, 5.41) is 13.5. The Hall–Kier alpha value is -1.51. The Morgan fingerprint density at radius 1 is 1.16 bits per heavy atom. The van der Waals surface area contributed by atoms with Crippen LogP contribution in [-0.2, 0) is 6.54 Å². The first-order chi connectivity index (χ1) is 9.19. The fourth-order valence-corrected chi connectivity index (χ4v) is 2.27. The molecule has 0 aliphatic rings. The number of phenols is 1. The van der Waals surface area contributed by atoms with Gasteiger partial charge in [-0.2, -0.15) is 0 Å². The topological polar surface area (TPSA) is 32.3 Å². The molecule has 3 heteroatoms. The maximum Gasteiger partial charge on any atom is 0.115 e. The van der Waals surface area contributed by atoms with Gasteiger partial charge in [-0.05, 0) is 41.8 Å². The van der Waals surface area contributed by atoms with Crippen LogP contribution in [-0.4, -0.2) is 5.11 Å². The minimum absolute atomic E-state index is 0.285. The van der Waals surface area contributed by atoms with Crippen molar-refractivity contribution in [3.05, 3.63) is 64.7 Å². The van der Waals surface area contributed by atoms with E-state index in [1.807, 2.05) is 30.3 Å². The molecular weight excluding hydrogens is 258 g/mol. The number of phenolic OH excluding ortho intramolecular Hbond substituents is 1. The summed E-state index contributed by atoms with van der Waals surface area (Å²) in [6, 6.07) is 15.5. The van der Waals surface area contributed by atoms with Gasteiger partial charge in [0.2, 0.25) is 0 Å². The average molecular weight is 276 g/mol. The summed E-state index contributed by atoms with van der Waals surface area (Å²) in [6.45, 7) is 2.92. The summed E-state index contributed by atoms with van der Waals surface area (Å²) in [5.41, 5.74) is 2.35. The molecule has 0 saturated heterocycles. The van der Waals surface area contributed by atoms with E-state index in [1.165, 1.54) is 5.56 Å². The summed E-state index contributed by atoms with van der Waals surface area (Å²) in [5.74, 6) is 0.297. The third-order valence-corrected chi connectivity index (χ3v) is 3.38. The first-order valence-corrected chi connectivity index (χ1v) is 6.83. The van der Waals surface area contributed by atoms with Crippen molar-refractivity contribution in [1.29, 1.82) is 0 Å². The lowest BCUT2D eigenvalue weighted by atomic mass is 10.0. The number of nitrogens with one attached hydrogen (secondary N) is 1. The van der Waals surface area contributed by atoms with E-state index in [0.29, 0.717) is 5.75 Å². The molecule has 0 spiro atoms. The van der Waals surface area contributed by atoms with Gasteiger partial charge >= 0.3 is 0 Å². The van der Waals surface area contributed by atoms with Crippen LogP contribution in [0.3, 0.4) is 0 Å². The van der Waals surface area contributed by atoms with Crippen LogP contribution < -0.4 is 5.32 Å². The highest BCUT2D eigenvalue weighted by Crippen LogP contribution is 2.21. The van der Waals surface area contributed by atoms with E-state index >= 15 is 0 Å². The molecule has 0 aliphatic carbocycles. The molecule has 0 heterocycles. The van der Waals surface area contributed by atoms with Gasteiger partial charge < -0.3 is 10.4 Å². The maximum atomic E-state index is 9.25. The normalized spacial score (nSPS) is 12.3. The van der Waals surface area contributed by atoms with Gasteiger partial charge in [0.05, 0.1) is 0 Å². The second-order valence-electron chi connectivity index (χ2n) is 4.56. The first-order valence-electron chi connectivity index (χ1n) is 6.46. The molecule has 0 amide bonds. The molecule has 2 aromatic rings. The van der Waals surface area contributed by atoms with E-state index in [0.717, 1.165) is 23.6 Å². The highest BCUT2D eigenvalue weighted by atomic mass is 35.5. The van der Waals surface area contributed by atoms with Crippen molar-refractivity contribution >= 4 is 11.6 Å². The van der Waals surface area contributed by atoms with Gasteiger partial charge in [0, 0.05) is 17.6 Å². The molecule has 2 aromatic carbocycles. The summed E-state index contributed by atoms with van der Waals surface area (Å²) < 4.78 is 0. The number of halogens is 1. The molecule has 2 rings (SSSR count). The minimum Gasteiger partial charge on any atom is -0.508 e. The van der Waals surface area contributed by atoms with Crippen molar-refractivity contribution < 1.29 is 5.11 Å². The van der Waals surface area contributed by atoms with E-state index in [4.69, 9.17) is 11.6 Å². The Labute approximate surface area is 119 Å². The molecule has 19 heavy (non-hydrogen) atoms. The van der Waals surface area contributed by atoms with Gasteiger partial charge in [-0.1, -0.05) is 42.8 Å². The van der Waals surface area contributed by atoms with Crippen LogP contribution in [0.15, 0.2) is 48.5 Å². The lowest BCUT2D eigenvalue weighted by Gasteiger charge is -2.17. The summed E-state index contributed by atoms with van der Waals surface area (Å²) in [4.78, 5) is 0. The molecule has 1 atom stereocenters. The summed E-state index contributed by atoms with van der Waals surface area (Å²) >= 11 is 6.02. The van der Waals surface area contributed by atoms with E-state index in [1.54, 1.807) is 12.1 Å². The van der Waals surface area contributed by atoms with Crippen molar-refractivity contribution in [2.45, 2.75) is 25.9 Å². The zero-order valence-electron chi connectivity index (χ0n) is 10.9. The van der Waals surface area contributed by atoms with Gasteiger partial charge in [0.25, 0.3) is 0 Å². The van der Waals surface area contributed by atoms with Gasteiger partial charge in [-0.15, -0.1) is 0 Å². The average Bonchev–Trinajstić information content (AvgIpc) is 2.42. The van der Waals surface area contributed by atoms with Crippen LogP contribution in [0, 0.1) is 0 Å². The minimum atomic E-state index is 0.285. The molecular formula is C16H18ClNO. The molecule has 2 N–H and O–H groups in total. The number of rotatable bonds is 5. The molecule has 0 fully saturated rings. The van der Waals surface area contributed by atoms with E-state index in [9.17, 15) is 5.11 Å². The fourth-order valence-electron chi connectivity index (χ4n) is 2.08. The Kier molecular flexibility index (Phi) is 4.83. The maximum absolute atomic E-state index is 9.25. The van der Waals surface area contributed by atoms with Gasteiger partial charge in [-0.3, -0.25) is 0 Å². The highest BCUT2D eigenvalue weighted by Gasteiger charge is 2.08. The highest BCUT2D eigenvalue weighted by molar-refractivity contribution is 6.30. The molecule has 2 nitrogen and oxygen atoms in total. The van der Waals surface area contributed by atoms with Crippen molar-refractivity contribution in [1.82, 2.24) is 5.32 Å². The predicted octanol–water partition coefficient (Wildman–Crippen LogP) is 4.29. The van der Waals surface area contributed by atoms with Crippen LogP contribution in [0.25, 0.3) is 0 Å². The van der Waals surface area contributed by atoms with Gasteiger partial charge in [0.1, 0.15) is 5.75 Å². The van der Waals surface area contributed by atoms with Crippen LogP contribution in [0.5, 0.6) is 5.75 Å². The SMILES string of the molecule is CCC(NCc1ccc(O)cc1)c1cccc(Cl)c1. The largest absolute Gasteiger partial charge is 0.508 e. The van der Waals surface area contributed by atoms with E-state index in [-0.39, 0.29) is 6.04 Å². The molecule has 1 unspecified atom stereocenters. The summed E-state index contributed by atoms with van der Waals surface area (Å²) in [7, 11) is 0. The Bertz CT molecular complexity index is 525. The second kappa shape index (κ2) is 6.60. The predicted molar refractivity (Wildman–Crippen MR) is 79.4 cm³/mol. The smallest absolute Gasteiger partial charge is 0.115 e. The van der Waals surface area contributed by atoms with Gasteiger partial charge in [0.15, 0.2) is 0 Å². The molecule has 0 aromatic heterocycles. The molecule has 0 radical (unpaired) electrons. The van der Waals surface area contributed by atoms with Crippen LogP contribution in [0.4, 0.5) is 0 Å². The molecule has 0 aliphatic heterocycles. The van der Waals surface area contributed by atoms with Crippen molar-refractivity contribution in [2.24, 2.45) is 0 Å². The van der Waals surface area contributed by atoms with Gasteiger partial charge in [-0.25, -0.2) is 0 Å². The van der Waals surface area contributed by atoms with Crippen LogP contribution in [0.2, 0.25) is 5.02 Å². The molecule has 0 saturated carbocycles. The monoisotopic (exact) mass is 275 g/mol. The number of hydrogen-bond acceptors (Lipinski definition) is 2. The van der Waals surface area contributed by atoms with E-state index < -0.39 is 0 Å². The fraction of sp³-hybridized carbons (Fsp3) is 0.250. The van der Waals surface area contributed by atoms with Crippen molar-refractivity contribution in [2.75, 3.05) is 0 Å².